The van der Waals surface area contributed by atoms with Gasteiger partial charge in [0.05, 0.1) is 30.9 Å². The van der Waals surface area contributed by atoms with Crippen molar-refractivity contribution in [3.63, 3.8) is 0 Å². The van der Waals surface area contributed by atoms with Crippen molar-refractivity contribution in [1.29, 1.82) is 10.5 Å². The number of carboxylic acid groups (broad SMARTS) is 2. The van der Waals surface area contributed by atoms with Crippen molar-refractivity contribution in [2.75, 3.05) is 21.3 Å². The standard InChI is InChI=1S/C16H15ClN2O2.C15H10ClNO3.C4H4O4/c1-19-10-12-4-6-14(8-15(12)20-2)21-16-7-13(17)5-3-11(16)9-18;1-19-14-7-13(5-3-11(14)9-18)20-15-6-12(16)4-2-10(15)8-17;5-3(6)1-2-4(7)8/h3-8,19H,10H2,1-2H3;2-7,9H,1H3;1-2H,(H,5,6)(H,7,8). The molecule has 0 saturated carbocycles. The van der Waals surface area contributed by atoms with Gasteiger partial charge in [-0.3, -0.25) is 4.79 Å². The van der Waals surface area contributed by atoms with E-state index in [1.165, 1.54) is 7.11 Å². The van der Waals surface area contributed by atoms with Crippen LogP contribution in [0.15, 0.2) is 84.9 Å². The summed E-state index contributed by atoms with van der Waals surface area (Å²) in [6.07, 6.45) is 1.81. The lowest BCUT2D eigenvalue weighted by Gasteiger charge is -2.12. The Morgan fingerprint density at radius 3 is 1.61 bits per heavy atom. The summed E-state index contributed by atoms with van der Waals surface area (Å²) in [5, 5.41) is 37.8. The summed E-state index contributed by atoms with van der Waals surface area (Å²) >= 11 is 11.8. The molecular formula is C35H29Cl2N3O9. The Hall–Kier alpha value is -6.05. The summed E-state index contributed by atoms with van der Waals surface area (Å²) in [5.74, 6) is 0.422. The van der Waals surface area contributed by atoms with Crippen LogP contribution in [-0.2, 0) is 16.1 Å². The Morgan fingerprint density at radius 1 is 0.735 bits per heavy atom. The van der Waals surface area contributed by atoms with Gasteiger partial charge in [-0.05, 0) is 49.5 Å². The first-order valence-corrected chi connectivity index (χ1v) is 14.6. The zero-order chi connectivity index (χ0) is 36.3. The normalized spacial score (nSPS) is 9.78. The second kappa shape index (κ2) is 20.2. The maximum atomic E-state index is 10.8. The van der Waals surface area contributed by atoms with E-state index in [2.05, 4.69) is 11.4 Å². The highest BCUT2D eigenvalue weighted by Crippen LogP contribution is 2.33. The van der Waals surface area contributed by atoms with Gasteiger partial charge in [0.15, 0.2) is 6.29 Å². The molecule has 0 spiro atoms. The van der Waals surface area contributed by atoms with Crippen molar-refractivity contribution in [2.45, 2.75) is 6.54 Å². The fourth-order valence-corrected chi connectivity index (χ4v) is 4.04. The number of hydrogen-bond acceptors (Lipinski definition) is 10. The SMILES string of the molecule is CNCc1ccc(Oc2cc(Cl)ccc2C#N)cc1OC.COc1cc(Oc2cc(Cl)ccc2C#N)ccc1C=O.O=C(O)C=CC(=O)O. The molecule has 4 aromatic carbocycles. The van der Waals surface area contributed by atoms with E-state index in [0.717, 1.165) is 11.3 Å². The van der Waals surface area contributed by atoms with Crippen LogP contribution in [0.25, 0.3) is 0 Å². The van der Waals surface area contributed by atoms with Crippen molar-refractivity contribution in [1.82, 2.24) is 5.32 Å². The number of carboxylic acids is 2. The first-order valence-electron chi connectivity index (χ1n) is 13.8. The van der Waals surface area contributed by atoms with Crippen molar-refractivity contribution in [3.8, 4) is 46.6 Å². The Labute approximate surface area is 291 Å². The molecule has 14 heteroatoms. The maximum Gasteiger partial charge on any atom is 0.328 e. The van der Waals surface area contributed by atoms with Crippen molar-refractivity contribution >= 4 is 41.4 Å². The number of aliphatic carboxylic acids is 2. The van der Waals surface area contributed by atoms with Crippen LogP contribution in [-0.4, -0.2) is 49.7 Å². The average molecular weight is 707 g/mol. The minimum absolute atomic E-state index is 0.348. The van der Waals surface area contributed by atoms with Crippen LogP contribution in [0.1, 0.15) is 27.0 Å². The molecule has 0 amide bonds. The molecule has 0 heterocycles. The smallest absolute Gasteiger partial charge is 0.328 e. The fourth-order valence-electron chi connectivity index (χ4n) is 3.72. The van der Waals surface area contributed by atoms with E-state index in [-0.39, 0.29) is 0 Å². The molecule has 12 nitrogen and oxygen atoms in total. The van der Waals surface area contributed by atoms with Gasteiger partial charge in [-0.15, -0.1) is 0 Å². The number of ether oxygens (including phenoxy) is 4. The molecule has 0 atom stereocenters. The number of nitriles is 2. The number of hydrogen-bond donors (Lipinski definition) is 3. The van der Waals surface area contributed by atoms with E-state index in [1.807, 2.05) is 25.2 Å². The Morgan fingerprint density at radius 2 is 1.20 bits per heavy atom. The van der Waals surface area contributed by atoms with Gasteiger partial charge in [0.1, 0.15) is 46.6 Å². The largest absolute Gasteiger partial charge is 0.496 e. The zero-order valence-corrected chi connectivity index (χ0v) is 27.8. The third-order valence-corrected chi connectivity index (χ3v) is 6.38. The van der Waals surface area contributed by atoms with Gasteiger partial charge in [0.25, 0.3) is 0 Å². The molecule has 0 aliphatic carbocycles. The molecule has 0 fully saturated rings. The first kappa shape index (κ1) is 39.1. The molecule has 49 heavy (non-hydrogen) atoms. The lowest BCUT2D eigenvalue weighted by Crippen LogP contribution is -2.06. The van der Waals surface area contributed by atoms with Crippen LogP contribution in [0.4, 0.5) is 0 Å². The zero-order valence-electron chi connectivity index (χ0n) is 26.3. The highest BCUT2D eigenvalue weighted by molar-refractivity contribution is 6.31. The molecule has 0 saturated heterocycles. The fraction of sp³-hybridized carbons (Fsp3) is 0.114. The minimum Gasteiger partial charge on any atom is -0.496 e. The number of carbonyl (C=O) groups is 3. The van der Waals surface area contributed by atoms with Crippen LogP contribution < -0.4 is 24.3 Å². The Bertz CT molecular complexity index is 1880. The minimum atomic E-state index is -1.26. The maximum absolute atomic E-state index is 10.8. The van der Waals surface area contributed by atoms with Crippen molar-refractivity contribution < 1.29 is 43.5 Å². The molecule has 0 bridgehead atoms. The lowest BCUT2D eigenvalue weighted by molar-refractivity contribution is -0.134. The highest BCUT2D eigenvalue weighted by atomic mass is 35.5. The quantitative estimate of drug-likeness (QED) is 0.105. The summed E-state index contributed by atoms with van der Waals surface area (Å²) in [4.78, 5) is 29.9. The van der Waals surface area contributed by atoms with Crippen molar-refractivity contribution in [2.24, 2.45) is 0 Å². The van der Waals surface area contributed by atoms with Crippen LogP contribution in [0, 0.1) is 22.7 Å². The summed E-state index contributed by atoms with van der Waals surface area (Å²) in [7, 11) is 4.94. The predicted molar refractivity (Wildman–Crippen MR) is 181 cm³/mol. The van der Waals surface area contributed by atoms with Gasteiger partial charge < -0.3 is 34.5 Å². The number of nitrogens with zero attached hydrogens (tertiary/aromatic N) is 2. The Balaban J connectivity index is 0.000000280. The van der Waals surface area contributed by atoms with Gasteiger partial charge in [-0.25, -0.2) is 9.59 Å². The molecule has 0 aliphatic rings. The molecule has 0 aromatic heterocycles. The van der Waals surface area contributed by atoms with E-state index in [0.29, 0.717) is 80.5 Å². The lowest BCUT2D eigenvalue weighted by atomic mass is 10.2. The van der Waals surface area contributed by atoms with Gasteiger partial charge >= 0.3 is 11.9 Å². The van der Waals surface area contributed by atoms with Crippen LogP contribution >= 0.6 is 23.2 Å². The predicted octanol–water partition coefficient (Wildman–Crippen LogP) is 7.27. The van der Waals surface area contributed by atoms with E-state index >= 15 is 0 Å². The third kappa shape index (κ3) is 12.9. The van der Waals surface area contributed by atoms with Gasteiger partial charge in [-0.2, -0.15) is 10.5 Å². The number of methoxy groups -OCH3 is 2. The van der Waals surface area contributed by atoms with E-state index in [4.69, 9.17) is 62.9 Å². The third-order valence-electron chi connectivity index (χ3n) is 5.91. The van der Waals surface area contributed by atoms with Crippen LogP contribution in [0.5, 0.6) is 34.5 Å². The second-order valence-electron chi connectivity index (χ2n) is 9.24. The highest BCUT2D eigenvalue weighted by Gasteiger charge is 2.10. The second-order valence-corrected chi connectivity index (χ2v) is 10.1. The van der Waals surface area contributed by atoms with E-state index in [9.17, 15) is 14.4 Å². The Kier molecular flexibility index (Phi) is 16.2. The van der Waals surface area contributed by atoms with Gasteiger partial charge in [0.2, 0.25) is 0 Å². The summed E-state index contributed by atoms with van der Waals surface area (Å²) in [5.41, 5.74) is 2.25. The molecule has 0 unspecified atom stereocenters. The number of nitrogens with one attached hydrogen (secondary N) is 1. The van der Waals surface area contributed by atoms with Gasteiger partial charge in [0, 0.05) is 58.6 Å². The van der Waals surface area contributed by atoms with E-state index in [1.54, 1.807) is 67.8 Å². The number of aldehydes is 1. The van der Waals surface area contributed by atoms with Crippen LogP contribution in [0.3, 0.4) is 0 Å². The topological polar surface area (TPSA) is 188 Å². The molecular weight excluding hydrogens is 677 g/mol. The van der Waals surface area contributed by atoms with Crippen LogP contribution in [0.2, 0.25) is 10.0 Å². The number of carbonyl (C=O) groups excluding carboxylic acids is 1. The molecule has 0 radical (unpaired) electrons. The summed E-state index contributed by atoms with van der Waals surface area (Å²) in [6.45, 7) is 0.698. The molecule has 4 rings (SSSR count). The van der Waals surface area contributed by atoms with E-state index < -0.39 is 11.9 Å². The molecule has 0 aliphatic heterocycles. The van der Waals surface area contributed by atoms with Crippen molar-refractivity contribution in [3.05, 3.63) is 117 Å². The monoisotopic (exact) mass is 705 g/mol. The molecule has 4 aromatic rings. The molecule has 252 valence electrons. The average Bonchev–Trinajstić information content (AvgIpc) is 3.09. The van der Waals surface area contributed by atoms with Gasteiger partial charge in [-0.1, -0.05) is 29.3 Å². The molecule has 3 N–H and O–H groups in total. The summed E-state index contributed by atoms with van der Waals surface area (Å²) < 4.78 is 21.8. The summed E-state index contributed by atoms with van der Waals surface area (Å²) in [6, 6.07) is 24.1. The number of halogens is 2. The number of benzene rings is 4. The first-order chi connectivity index (χ1) is 23.5. The number of rotatable bonds is 11.